The number of rotatable bonds is 8. The van der Waals surface area contributed by atoms with E-state index in [2.05, 4.69) is 57.7 Å². The van der Waals surface area contributed by atoms with Crippen LogP contribution in [0.15, 0.2) is 246 Å². The molecular weight excluding hydrogens is 625 g/mol. The van der Waals surface area contributed by atoms with Gasteiger partial charge in [-0.1, -0.05) is 282 Å². The molecule has 0 fully saturated rings. The van der Waals surface area contributed by atoms with Crippen molar-refractivity contribution in [1.29, 1.82) is 0 Å². The van der Waals surface area contributed by atoms with E-state index in [0.717, 1.165) is 0 Å². The Hall–Kier alpha value is -6.76. The highest BCUT2D eigenvalue weighted by molar-refractivity contribution is 5.51. The number of allylic oxidation sites excluding steroid dienone is 4. The van der Waals surface area contributed by atoms with Gasteiger partial charge in [0.1, 0.15) is 0 Å². The van der Waals surface area contributed by atoms with Crippen LogP contribution in [0.5, 0.6) is 0 Å². The molecule has 0 amide bonds. The lowest BCUT2D eigenvalue weighted by atomic mass is 10.2. The van der Waals surface area contributed by atoms with Crippen molar-refractivity contribution in [2.45, 2.75) is 0 Å². The molecule has 0 aromatic heterocycles. The van der Waals surface area contributed by atoms with Crippen LogP contribution in [-0.2, 0) is 0 Å². The molecule has 0 unspecified atom stereocenters. The Morgan fingerprint density at radius 3 is 0.615 bits per heavy atom. The van der Waals surface area contributed by atoms with Crippen molar-refractivity contribution in [3.8, 4) is 0 Å². The fourth-order valence-corrected chi connectivity index (χ4v) is 3.82. The highest BCUT2D eigenvalue weighted by Gasteiger charge is 1.80. The Labute approximate surface area is 314 Å². The molecule has 0 aliphatic rings. The van der Waals surface area contributed by atoms with Crippen LogP contribution in [0.2, 0.25) is 0 Å². The smallest absolute Gasteiger partial charge is 0.0257 e. The molecule has 260 valence electrons. The van der Waals surface area contributed by atoms with Crippen molar-refractivity contribution in [3.63, 3.8) is 0 Å². The molecule has 0 saturated heterocycles. The van der Waals surface area contributed by atoms with E-state index in [1.165, 1.54) is 33.4 Å². The molecule has 0 aliphatic carbocycles. The summed E-state index contributed by atoms with van der Waals surface area (Å²) in [6.07, 6.45) is 18.8. The Balaban J connectivity index is 0.000000314. The van der Waals surface area contributed by atoms with Crippen LogP contribution in [-0.4, -0.2) is 0 Å². The van der Waals surface area contributed by atoms with Gasteiger partial charge in [-0.2, -0.15) is 0 Å². The van der Waals surface area contributed by atoms with Gasteiger partial charge in [0, 0.05) is 0 Å². The normalized spacial score (nSPS) is 9.08. The van der Waals surface area contributed by atoms with Gasteiger partial charge in [-0.3, -0.25) is 0 Å². The van der Waals surface area contributed by atoms with Gasteiger partial charge >= 0.3 is 0 Å². The summed E-state index contributed by atoms with van der Waals surface area (Å²) in [5.74, 6) is 0. The Kier molecular flexibility index (Phi) is 26.2. The third-order valence-electron chi connectivity index (χ3n) is 6.62. The molecule has 0 heterocycles. The van der Waals surface area contributed by atoms with Gasteiger partial charge in [0.05, 0.1) is 0 Å². The first-order valence-corrected chi connectivity index (χ1v) is 17.0. The predicted molar refractivity (Wildman–Crippen MR) is 237 cm³/mol. The molecule has 0 atom stereocenters. The minimum atomic E-state index is 1.17. The monoisotopic (exact) mass is 676 g/mol. The summed E-state index contributed by atoms with van der Waals surface area (Å²) < 4.78 is 0. The summed E-state index contributed by atoms with van der Waals surface area (Å²) in [7, 11) is 0. The highest BCUT2D eigenvalue weighted by atomic mass is 13.9. The van der Waals surface area contributed by atoms with E-state index in [1.54, 1.807) is 6.08 Å². The molecule has 0 aliphatic heterocycles. The standard InChI is InChI=1S/C12H12.5C8H8/c1-2-3-4-6-9-12-10-7-5-8-11-12;5*1-2-8-6-4-3-5-7-8/h2-11H,1H2;5*2-7H,1H2. The quantitative estimate of drug-likeness (QED) is 0.141. The first-order chi connectivity index (χ1) is 25.6. The van der Waals surface area contributed by atoms with E-state index < -0.39 is 0 Å². The summed E-state index contributed by atoms with van der Waals surface area (Å²) in [6, 6.07) is 60.3. The average molecular weight is 677 g/mol. The maximum absolute atomic E-state index is 3.63. The van der Waals surface area contributed by atoms with Crippen molar-refractivity contribution in [1.82, 2.24) is 0 Å². The van der Waals surface area contributed by atoms with Crippen LogP contribution < -0.4 is 0 Å². The molecule has 0 spiro atoms. The third-order valence-corrected chi connectivity index (χ3v) is 6.62. The first kappa shape index (κ1) is 43.3. The fourth-order valence-electron chi connectivity index (χ4n) is 3.82. The lowest BCUT2D eigenvalue weighted by molar-refractivity contribution is 1.66. The summed E-state index contributed by atoms with van der Waals surface area (Å²) in [5, 5.41) is 0. The minimum Gasteiger partial charge on any atom is -0.0991 e. The number of benzene rings is 6. The van der Waals surface area contributed by atoms with Crippen molar-refractivity contribution < 1.29 is 0 Å². The SMILES string of the molecule is C=CC=CC=Cc1ccccc1.C=Cc1ccccc1.C=Cc1ccccc1.C=Cc1ccccc1.C=Cc1ccccc1.C=Cc1ccccc1. The average Bonchev–Trinajstić information content (AvgIpc) is 3.25. The summed E-state index contributed by atoms with van der Waals surface area (Å²) in [6.45, 7) is 21.7. The van der Waals surface area contributed by atoms with Crippen LogP contribution >= 0.6 is 0 Å². The maximum atomic E-state index is 3.63. The summed E-state index contributed by atoms with van der Waals surface area (Å²) >= 11 is 0. The van der Waals surface area contributed by atoms with Gasteiger partial charge in [0.2, 0.25) is 0 Å². The maximum Gasteiger partial charge on any atom is -0.0257 e. The minimum absolute atomic E-state index is 1.17. The van der Waals surface area contributed by atoms with E-state index in [1.807, 2.05) is 218 Å². The number of hydrogen-bond donors (Lipinski definition) is 0. The summed E-state index contributed by atoms with van der Waals surface area (Å²) in [5.41, 5.74) is 7.08. The van der Waals surface area contributed by atoms with E-state index >= 15 is 0 Å². The Bertz CT molecular complexity index is 1560. The Morgan fingerprint density at radius 1 is 0.231 bits per heavy atom. The third kappa shape index (κ3) is 23.5. The van der Waals surface area contributed by atoms with Crippen molar-refractivity contribution in [2.75, 3.05) is 0 Å². The van der Waals surface area contributed by atoms with Crippen LogP contribution in [0.4, 0.5) is 0 Å². The molecular formula is C52H52. The van der Waals surface area contributed by atoms with E-state index in [0.29, 0.717) is 0 Å². The fraction of sp³-hybridized carbons (Fsp3) is 0. The topological polar surface area (TPSA) is 0 Å². The van der Waals surface area contributed by atoms with Gasteiger partial charge in [0.25, 0.3) is 0 Å². The molecule has 52 heavy (non-hydrogen) atoms. The lowest BCUT2D eigenvalue weighted by Gasteiger charge is -1.87. The van der Waals surface area contributed by atoms with Gasteiger partial charge in [-0.05, 0) is 33.4 Å². The molecule has 0 bridgehead atoms. The molecule has 6 aromatic carbocycles. The number of hydrogen-bond acceptors (Lipinski definition) is 0. The molecule has 0 saturated carbocycles. The molecule has 6 rings (SSSR count). The first-order valence-electron chi connectivity index (χ1n) is 17.0. The molecule has 0 nitrogen and oxygen atoms in total. The van der Waals surface area contributed by atoms with E-state index in [4.69, 9.17) is 0 Å². The zero-order valence-corrected chi connectivity index (χ0v) is 30.3. The largest absolute Gasteiger partial charge is 0.0991 e. The van der Waals surface area contributed by atoms with Crippen molar-refractivity contribution >= 4 is 36.5 Å². The predicted octanol–water partition coefficient (Wildman–Crippen LogP) is 15.1. The van der Waals surface area contributed by atoms with Gasteiger partial charge in [-0.15, -0.1) is 0 Å². The van der Waals surface area contributed by atoms with Crippen LogP contribution in [0, 0.1) is 0 Å². The van der Waals surface area contributed by atoms with Crippen molar-refractivity contribution in [3.05, 3.63) is 279 Å². The van der Waals surface area contributed by atoms with E-state index in [9.17, 15) is 0 Å². The van der Waals surface area contributed by atoms with Gasteiger partial charge < -0.3 is 0 Å². The molecule has 6 aromatic rings. The second-order valence-corrected chi connectivity index (χ2v) is 10.5. The second kappa shape index (κ2) is 31.5. The van der Waals surface area contributed by atoms with Crippen LogP contribution in [0.25, 0.3) is 36.5 Å². The van der Waals surface area contributed by atoms with Gasteiger partial charge in [0.15, 0.2) is 0 Å². The molecule has 0 heteroatoms. The van der Waals surface area contributed by atoms with Crippen molar-refractivity contribution in [2.24, 2.45) is 0 Å². The second-order valence-electron chi connectivity index (χ2n) is 10.5. The highest BCUT2D eigenvalue weighted by Crippen LogP contribution is 2.02. The van der Waals surface area contributed by atoms with E-state index in [-0.39, 0.29) is 0 Å². The summed E-state index contributed by atoms with van der Waals surface area (Å²) in [4.78, 5) is 0. The van der Waals surface area contributed by atoms with Crippen LogP contribution in [0.1, 0.15) is 33.4 Å². The van der Waals surface area contributed by atoms with Gasteiger partial charge in [-0.25, -0.2) is 0 Å². The molecule has 0 N–H and O–H groups in total. The Morgan fingerprint density at radius 2 is 0.442 bits per heavy atom. The molecule has 0 radical (unpaired) electrons. The zero-order chi connectivity index (χ0) is 37.7. The lowest BCUT2D eigenvalue weighted by Crippen LogP contribution is -1.66. The van der Waals surface area contributed by atoms with Crippen LogP contribution in [0.3, 0.4) is 0 Å². The zero-order valence-electron chi connectivity index (χ0n) is 30.3.